The first-order chi connectivity index (χ1) is 5.63. The maximum absolute atomic E-state index is 9.76. The van der Waals surface area contributed by atoms with Crippen LogP contribution >= 0.6 is 0 Å². The summed E-state index contributed by atoms with van der Waals surface area (Å²) in [5.41, 5.74) is 0. The second-order valence-corrected chi connectivity index (χ2v) is 3.79. The van der Waals surface area contributed by atoms with E-state index in [0.29, 0.717) is 11.8 Å². The maximum Gasteiger partial charge on any atom is 0.0573 e. The first-order valence-corrected chi connectivity index (χ1v) is 4.92. The monoisotopic (exact) mass is 186 g/mol. The highest BCUT2D eigenvalue weighted by Gasteiger charge is 2.19. The molecule has 0 aliphatic rings. The Morgan fingerprint density at radius 1 is 1.38 bits per heavy atom. The maximum atomic E-state index is 9.76. The number of aliphatic hydroxyl groups is 1. The van der Waals surface area contributed by atoms with Gasteiger partial charge in [-0.25, -0.2) is 0 Å². The highest BCUT2D eigenvalue weighted by Crippen LogP contribution is 2.22. The zero-order chi connectivity index (χ0) is 9.56. The van der Waals surface area contributed by atoms with E-state index < -0.39 is 0 Å². The van der Waals surface area contributed by atoms with Gasteiger partial charge in [0.15, 0.2) is 0 Å². The lowest BCUT2D eigenvalue weighted by Crippen LogP contribution is -2.24. The van der Waals surface area contributed by atoms with Crippen LogP contribution in [0.5, 0.6) is 0 Å². The van der Waals surface area contributed by atoms with Gasteiger partial charge < -0.3 is 5.11 Å². The van der Waals surface area contributed by atoms with E-state index in [4.69, 9.17) is 0 Å². The van der Waals surface area contributed by atoms with Gasteiger partial charge in [0.1, 0.15) is 0 Å². The van der Waals surface area contributed by atoms with Crippen LogP contribution in [0.25, 0.3) is 0 Å². The summed E-state index contributed by atoms with van der Waals surface area (Å²) in [7, 11) is 0. The molecule has 0 spiro atoms. The van der Waals surface area contributed by atoms with Gasteiger partial charge in [0.2, 0.25) is 0 Å². The van der Waals surface area contributed by atoms with Crippen LogP contribution < -0.4 is 0 Å². The third kappa shape index (κ3) is 5.87. The molecule has 0 amide bonds. The summed E-state index contributed by atoms with van der Waals surface area (Å²) in [6, 6.07) is 0. The van der Waals surface area contributed by atoms with E-state index in [-0.39, 0.29) is 13.5 Å². The molecule has 1 heteroatoms. The van der Waals surface area contributed by atoms with E-state index in [1.165, 1.54) is 0 Å². The van der Waals surface area contributed by atoms with Gasteiger partial charge >= 0.3 is 0 Å². The molecule has 0 saturated carbocycles. The molecule has 1 nitrogen and oxygen atoms in total. The largest absolute Gasteiger partial charge is 0.393 e. The standard InChI is InChI=1S/C11H22O.CH4/c1-5-7-10(9(3)4)11(12)8-6-2;/h5,9-12H,1,6-8H2,2-4H3;1H4/t10-,11+;/m0./s1. The summed E-state index contributed by atoms with van der Waals surface area (Å²) < 4.78 is 0. The van der Waals surface area contributed by atoms with Crippen molar-refractivity contribution in [3.63, 3.8) is 0 Å². The van der Waals surface area contributed by atoms with E-state index in [0.717, 1.165) is 19.3 Å². The van der Waals surface area contributed by atoms with E-state index >= 15 is 0 Å². The Morgan fingerprint density at radius 3 is 2.23 bits per heavy atom. The fourth-order valence-electron chi connectivity index (χ4n) is 1.58. The Bertz CT molecular complexity index is 118. The normalized spacial score (nSPS) is 14.8. The van der Waals surface area contributed by atoms with Crippen molar-refractivity contribution in [1.29, 1.82) is 0 Å². The van der Waals surface area contributed by atoms with Crippen molar-refractivity contribution in [3.8, 4) is 0 Å². The van der Waals surface area contributed by atoms with Gasteiger partial charge in [0.05, 0.1) is 6.10 Å². The SMILES string of the molecule is C.C=CC[C@@H](C(C)C)[C@H](O)CCC. The minimum absolute atomic E-state index is 0. The minimum atomic E-state index is -0.145. The zero-order valence-electron chi connectivity index (χ0n) is 8.59. The van der Waals surface area contributed by atoms with Gasteiger partial charge in [-0.2, -0.15) is 0 Å². The quantitative estimate of drug-likeness (QED) is 0.628. The Labute approximate surface area is 83.9 Å². The second kappa shape index (κ2) is 8.31. The molecule has 0 unspecified atom stereocenters. The average Bonchev–Trinajstić information content (AvgIpc) is 1.99. The number of hydrogen-bond donors (Lipinski definition) is 1. The van der Waals surface area contributed by atoms with Gasteiger partial charge in [-0.05, 0) is 24.7 Å². The summed E-state index contributed by atoms with van der Waals surface area (Å²) in [6.07, 6.45) is 4.66. The summed E-state index contributed by atoms with van der Waals surface area (Å²) in [6.45, 7) is 10.1. The molecule has 0 aliphatic carbocycles. The number of aliphatic hydroxyl groups excluding tert-OH is 1. The molecule has 0 fully saturated rings. The summed E-state index contributed by atoms with van der Waals surface area (Å²) >= 11 is 0. The fourth-order valence-corrected chi connectivity index (χ4v) is 1.58. The molecule has 80 valence electrons. The molecular weight excluding hydrogens is 160 g/mol. The third-order valence-electron chi connectivity index (χ3n) is 2.37. The van der Waals surface area contributed by atoms with Crippen LogP contribution in [-0.4, -0.2) is 11.2 Å². The van der Waals surface area contributed by atoms with Gasteiger partial charge in [0.25, 0.3) is 0 Å². The molecule has 0 aromatic heterocycles. The van der Waals surface area contributed by atoms with Crippen molar-refractivity contribution in [2.75, 3.05) is 0 Å². The Balaban J connectivity index is 0. The highest BCUT2D eigenvalue weighted by atomic mass is 16.3. The molecule has 1 N–H and O–H groups in total. The van der Waals surface area contributed by atoms with Crippen molar-refractivity contribution in [3.05, 3.63) is 12.7 Å². The molecule has 0 aromatic rings. The van der Waals surface area contributed by atoms with Crippen molar-refractivity contribution < 1.29 is 5.11 Å². The van der Waals surface area contributed by atoms with E-state index in [1.54, 1.807) is 0 Å². The van der Waals surface area contributed by atoms with Crippen molar-refractivity contribution >= 4 is 0 Å². The summed E-state index contributed by atoms with van der Waals surface area (Å²) in [5, 5.41) is 9.76. The molecule has 13 heavy (non-hydrogen) atoms. The van der Waals surface area contributed by atoms with Crippen LogP contribution in [0, 0.1) is 11.8 Å². The lowest BCUT2D eigenvalue weighted by Gasteiger charge is -2.24. The van der Waals surface area contributed by atoms with Crippen LogP contribution in [0.1, 0.15) is 47.5 Å². The topological polar surface area (TPSA) is 20.2 Å². The first-order valence-electron chi connectivity index (χ1n) is 4.92. The molecule has 0 aliphatic heterocycles. The predicted octanol–water partition coefficient (Wildman–Crippen LogP) is 3.63. The molecule has 0 bridgehead atoms. The molecule has 2 atom stereocenters. The zero-order valence-corrected chi connectivity index (χ0v) is 8.59. The summed E-state index contributed by atoms with van der Waals surface area (Å²) in [4.78, 5) is 0. The Morgan fingerprint density at radius 2 is 1.92 bits per heavy atom. The van der Waals surface area contributed by atoms with Gasteiger partial charge in [0, 0.05) is 0 Å². The number of rotatable bonds is 6. The highest BCUT2D eigenvalue weighted by molar-refractivity contribution is 4.79. The van der Waals surface area contributed by atoms with Crippen LogP contribution in [0.15, 0.2) is 12.7 Å². The predicted molar refractivity (Wildman–Crippen MR) is 60.8 cm³/mol. The van der Waals surface area contributed by atoms with Crippen molar-refractivity contribution in [1.82, 2.24) is 0 Å². The van der Waals surface area contributed by atoms with Crippen molar-refractivity contribution in [2.24, 2.45) is 11.8 Å². The summed E-state index contributed by atoms with van der Waals surface area (Å²) in [5.74, 6) is 0.937. The van der Waals surface area contributed by atoms with E-state index in [1.807, 2.05) is 6.08 Å². The smallest absolute Gasteiger partial charge is 0.0573 e. The molecule has 0 radical (unpaired) electrons. The molecule has 0 aromatic carbocycles. The molecular formula is C12H26O. The molecule has 0 heterocycles. The van der Waals surface area contributed by atoms with Crippen LogP contribution in [0.3, 0.4) is 0 Å². The van der Waals surface area contributed by atoms with Crippen LogP contribution in [0.4, 0.5) is 0 Å². The van der Waals surface area contributed by atoms with E-state index in [9.17, 15) is 5.11 Å². The van der Waals surface area contributed by atoms with Gasteiger partial charge in [-0.15, -0.1) is 6.58 Å². The Kier molecular flexibility index (Phi) is 9.70. The van der Waals surface area contributed by atoms with Gasteiger partial charge in [-0.1, -0.05) is 40.7 Å². The van der Waals surface area contributed by atoms with Crippen LogP contribution in [-0.2, 0) is 0 Å². The Hall–Kier alpha value is -0.300. The van der Waals surface area contributed by atoms with Crippen molar-refractivity contribution in [2.45, 2.75) is 53.6 Å². The first kappa shape index (κ1) is 15.2. The molecule has 0 rings (SSSR count). The number of hydrogen-bond acceptors (Lipinski definition) is 1. The molecule has 0 saturated heterocycles. The van der Waals surface area contributed by atoms with Gasteiger partial charge in [-0.3, -0.25) is 0 Å². The van der Waals surface area contributed by atoms with Crippen LogP contribution in [0.2, 0.25) is 0 Å². The third-order valence-corrected chi connectivity index (χ3v) is 2.37. The number of allylic oxidation sites excluding steroid dienone is 1. The fraction of sp³-hybridized carbons (Fsp3) is 0.833. The second-order valence-electron chi connectivity index (χ2n) is 3.79. The lowest BCUT2D eigenvalue weighted by molar-refractivity contribution is 0.0746. The minimum Gasteiger partial charge on any atom is -0.393 e. The average molecular weight is 186 g/mol. The van der Waals surface area contributed by atoms with E-state index in [2.05, 4.69) is 27.4 Å². The lowest BCUT2D eigenvalue weighted by atomic mass is 9.85.